The number of nitrogens with one attached hydrogen (secondary N) is 1. The number of hydrogen-bond donors (Lipinski definition) is 1. The van der Waals surface area contributed by atoms with Crippen molar-refractivity contribution in [3.8, 4) is 0 Å². The summed E-state index contributed by atoms with van der Waals surface area (Å²) >= 11 is 0. The highest BCUT2D eigenvalue weighted by atomic mass is 16.5. The first kappa shape index (κ1) is 17.0. The molecule has 138 valence electrons. The number of benzene rings is 1. The molecule has 0 spiro atoms. The van der Waals surface area contributed by atoms with Gasteiger partial charge >= 0.3 is 0 Å². The van der Waals surface area contributed by atoms with Crippen molar-refractivity contribution in [3.05, 3.63) is 59.6 Å². The second-order valence-corrected chi connectivity index (χ2v) is 6.20. The van der Waals surface area contributed by atoms with Gasteiger partial charge in [0.15, 0.2) is 5.82 Å². The van der Waals surface area contributed by atoms with Gasteiger partial charge in [0.05, 0.1) is 19.0 Å². The van der Waals surface area contributed by atoms with Gasteiger partial charge in [-0.25, -0.2) is 0 Å². The van der Waals surface area contributed by atoms with Gasteiger partial charge in [-0.3, -0.25) is 9.48 Å². The zero-order chi connectivity index (χ0) is 18.8. The fraction of sp³-hybridized carbons (Fsp3) is 0.263. The largest absolute Gasteiger partial charge is 0.461 e. The molecule has 27 heavy (non-hydrogen) atoms. The maximum Gasteiger partial charge on any atom is 0.233 e. The van der Waals surface area contributed by atoms with Crippen molar-refractivity contribution < 1.29 is 13.7 Å². The molecule has 0 radical (unpaired) electrons. The number of rotatable bonds is 6. The Morgan fingerprint density at radius 2 is 2.11 bits per heavy atom. The van der Waals surface area contributed by atoms with Gasteiger partial charge in [-0.15, -0.1) is 0 Å². The zero-order valence-electron chi connectivity index (χ0n) is 15.1. The monoisotopic (exact) mass is 365 g/mol. The van der Waals surface area contributed by atoms with Crippen LogP contribution < -0.4 is 5.32 Å². The molecule has 0 aliphatic heterocycles. The van der Waals surface area contributed by atoms with Gasteiger partial charge in [0, 0.05) is 30.5 Å². The molecule has 0 saturated heterocycles. The van der Waals surface area contributed by atoms with E-state index in [1.807, 2.05) is 31.2 Å². The van der Waals surface area contributed by atoms with Gasteiger partial charge in [-0.2, -0.15) is 10.1 Å². The number of nitrogens with zero attached hydrogens (tertiary/aromatic N) is 4. The van der Waals surface area contributed by atoms with Crippen LogP contribution in [0.2, 0.25) is 0 Å². The predicted octanol–water partition coefficient (Wildman–Crippen LogP) is 2.88. The van der Waals surface area contributed by atoms with E-state index in [-0.39, 0.29) is 12.3 Å². The SMILES string of the molecule is CCc1oc2ccccc2c1Cc1nc(CC(=O)Nc2ccnn2C)no1. The standard InChI is InChI=1S/C19H19N5O3/c1-3-14-13(12-6-4-5-7-15(12)26-14)10-19-21-16(23-27-19)11-18(25)22-17-8-9-20-24(17)2/h4-9H,3,10-11H2,1-2H3,(H,22,25). The van der Waals surface area contributed by atoms with Crippen molar-refractivity contribution >= 4 is 22.7 Å². The maximum absolute atomic E-state index is 12.1. The Balaban J connectivity index is 1.49. The summed E-state index contributed by atoms with van der Waals surface area (Å²) in [6, 6.07) is 9.60. The number of carbonyl (C=O) groups is 1. The third-order valence-corrected chi connectivity index (χ3v) is 4.35. The van der Waals surface area contributed by atoms with E-state index in [9.17, 15) is 4.79 Å². The van der Waals surface area contributed by atoms with Gasteiger partial charge in [-0.1, -0.05) is 30.3 Å². The molecule has 0 bridgehead atoms. The highest BCUT2D eigenvalue weighted by molar-refractivity contribution is 5.90. The van der Waals surface area contributed by atoms with E-state index < -0.39 is 0 Å². The second-order valence-electron chi connectivity index (χ2n) is 6.20. The van der Waals surface area contributed by atoms with E-state index in [1.54, 1.807) is 24.0 Å². The molecule has 0 aliphatic rings. The molecular formula is C19H19N5O3. The fourth-order valence-corrected chi connectivity index (χ4v) is 3.04. The highest BCUT2D eigenvalue weighted by Gasteiger charge is 2.17. The molecule has 0 saturated carbocycles. The third-order valence-electron chi connectivity index (χ3n) is 4.35. The van der Waals surface area contributed by atoms with Gasteiger partial charge in [0.1, 0.15) is 17.2 Å². The maximum atomic E-state index is 12.1. The summed E-state index contributed by atoms with van der Waals surface area (Å²) in [5.74, 6) is 2.09. The lowest BCUT2D eigenvalue weighted by atomic mass is 10.1. The molecule has 0 fully saturated rings. The minimum Gasteiger partial charge on any atom is -0.461 e. The van der Waals surface area contributed by atoms with Crippen LogP contribution in [0.1, 0.15) is 30.0 Å². The molecule has 0 unspecified atom stereocenters. The van der Waals surface area contributed by atoms with Crippen molar-refractivity contribution in [3.63, 3.8) is 0 Å². The number of anilines is 1. The van der Waals surface area contributed by atoms with Crippen LogP contribution in [0.3, 0.4) is 0 Å². The molecule has 3 heterocycles. The van der Waals surface area contributed by atoms with E-state index >= 15 is 0 Å². The van der Waals surface area contributed by atoms with E-state index in [4.69, 9.17) is 8.94 Å². The summed E-state index contributed by atoms with van der Waals surface area (Å²) in [5, 5.41) is 11.7. The second kappa shape index (κ2) is 7.06. The summed E-state index contributed by atoms with van der Waals surface area (Å²) in [5.41, 5.74) is 1.89. The summed E-state index contributed by atoms with van der Waals surface area (Å²) in [6.45, 7) is 2.04. The van der Waals surface area contributed by atoms with Gasteiger partial charge in [-0.05, 0) is 6.07 Å². The molecule has 4 aromatic rings. The van der Waals surface area contributed by atoms with Crippen LogP contribution in [0.25, 0.3) is 11.0 Å². The first-order valence-electron chi connectivity index (χ1n) is 8.72. The van der Waals surface area contributed by atoms with E-state index in [2.05, 4.69) is 20.6 Å². The minimum atomic E-state index is -0.228. The Kier molecular flexibility index (Phi) is 4.45. The third kappa shape index (κ3) is 3.46. The molecule has 0 aliphatic carbocycles. The van der Waals surface area contributed by atoms with E-state index in [0.29, 0.717) is 24.0 Å². The number of para-hydroxylation sites is 1. The number of amides is 1. The van der Waals surface area contributed by atoms with Gasteiger partial charge < -0.3 is 14.3 Å². The van der Waals surface area contributed by atoms with Crippen molar-refractivity contribution in [2.45, 2.75) is 26.2 Å². The number of carbonyl (C=O) groups excluding carboxylic acids is 1. The lowest BCUT2D eigenvalue weighted by molar-refractivity contribution is -0.115. The van der Waals surface area contributed by atoms with Crippen LogP contribution >= 0.6 is 0 Å². The molecule has 8 nitrogen and oxygen atoms in total. The summed E-state index contributed by atoms with van der Waals surface area (Å²) in [7, 11) is 1.75. The molecule has 4 rings (SSSR count). The van der Waals surface area contributed by atoms with Crippen LogP contribution in [0.4, 0.5) is 5.82 Å². The molecule has 0 atom stereocenters. The first-order chi connectivity index (χ1) is 13.1. The molecular weight excluding hydrogens is 346 g/mol. The zero-order valence-corrected chi connectivity index (χ0v) is 15.1. The Bertz CT molecular complexity index is 1090. The van der Waals surface area contributed by atoms with Crippen LogP contribution in [-0.2, 0) is 31.1 Å². The van der Waals surface area contributed by atoms with Crippen LogP contribution in [-0.4, -0.2) is 25.8 Å². The molecule has 3 aromatic heterocycles. The predicted molar refractivity (Wildman–Crippen MR) is 98.2 cm³/mol. The van der Waals surface area contributed by atoms with E-state index in [1.165, 1.54) is 0 Å². The number of aryl methyl sites for hydroxylation is 2. The topological polar surface area (TPSA) is 99.0 Å². The van der Waals surface area contributed by atoms with Gasteiger partial charge in [0.2, 0.25) is 11.8 Å². The average molecular weight is 365 g/mol. The normalized spacial score (nSPS) is 11.2. The summed E-state index contributed by atoms with van der Waals surface area (Å²) in [4.78, 5) is 16.5. The molecule has 1 amide bonds. The molecule has 1 aromatic carbocycles. The van der Waals surface area contributed by atoms with Crippen molar-refractivity contribution in [1.29, 1.82) is 0 Å². The Labute approximate surface area is 155 Å². The fourth-order valence-electron chi connectivity index (χ4n) is 3.04. The average Bonchev–Trinajstić information content (AvgIpc) is 3.36. The van der Waals surface area contributed by atoms with Crippen LogP contribution in [0, 0.1) is 0 Å². The number of aromatic nitrogens is 4. The quantitative estimate of drug-likeness (QED) is 0.564. The Morgan fingerprint density at radius 3 is 2.89 bits per heavy atom. The number of hydrogen-bond acceptors (Lipinski definition) is 6. The van der Waals surface area contributed by atoms with Crippen molar-refractivity contribution in [2.24, 2.45) is 7.05 Å². The lowest BCUT2D eigenvalue weighted by Gasteiger charge is -2.02. The first-order valence-corrected chi connectivity index (χ1v) is 8.72. The molecule has 8 heteroatoms. The Morgan fingerprint density at radius 1 is 1.26 bits per heavy atom. The smallest absolute Gasteiger partial charge is 0.233 e. The van der Waals surface area contributed by atoms with Crippen LogP contribution in [0.15, 0.2) is 45.5 Å². The van der Waals surface area contributed by atoms with Crippen molar-refractivity contribution in [1.82, 2.24) is 19.9 Å². The van der Waals surface area contributed by atoms with E-state index in [0.717, 1.165) is 28.7 Å². The number of furan rings is 1. The minimum absolute atomic E-state index is 0.0292. The highest BCUT2D eigenvalue weighted by Crippen LogP contribution is 2.28. The van der Waals surface area contributed by atoms with Crippen LogP contribution in [0.5, 0.6) is 0 Å². The lowest BCUT2D eigenvalue weighted by Crippen LogP contribution is -2.17. The van der Waals surface area contributed by atoms with Gasteiger partial charge in [0.25, 0.3) is 0 Å². The summed E-state index contributed by atoms with van der Waals surface area (Å²) < 4.78 is 12.8. The number of fused-ring (bicyclic) bond motifs is 1. The molecule has 1 N–H and O–H groups in total. The summed E-state index contributed by atoms with van der Waals surface area (Å²) in [6.07, 6.45) is 2.89. The Hall–Kier alpha value is -3.42. The van der Waals surface area contributed by atoms with Crippen molar-refractivity contribution in [2.75, 3.05) is 5.32 Å².